The lowest BCUT2D eigenvalue weighted by molar-refractivity contribution is 0.127. The van der Waals surface area contributed by atoms with Gasteiger partial charge in [-0.2, -0.15) is 12.6 Å². The highest BCUT2D eigenvalue weighted by molar-refractivity contribution is 7.80. The van der Waals surface area contributed by atoms with Crippen LogP contribution in [0.25, 0.3) is 0 Å². The summed E-state index contributed by atoms with van der Waals surface area (Å²) in [6.07, 6.45) is 13.5. The first-order valence-corrected chi connectivity index (χ1v) is 7.53. The van der Waals surface area contributed by atoms with Gasteiger partial charge < -0.3 is 0 Å². The fourth-order valence-corrected chi connectivity index (χ4v) is 2.71. The largest absolute Gasteiger partial charge is 0.179 e. The molecule has 1 heteroatoms. The van der Waals surface area contributed by atoms with Gasteiger partial charge in [-0.05, 0) is 43.3 Å². The van der Waals surface area contributed by atoms with E-state index in [1.807, 2.05) is 0 Å². The highest BCUT2D eigenvalue weighted by atomic mass is 32.1. The van der Waals surface area contributed by atoms with E-state index >= 15 is 0 Å². The fraction of sp³-hybridized carbons (Fsp3) is 0.765. The van der Waals surface area contributed by atoms with Crippen molar-refractivity contribution >= 4 is 12.6 Å². The maximum absolute atomic E-state index is 5.83. The molecule has 0 saturated heterocycles. The van der Waals surface area contributed by atoms with Crippen molar-refractivity contribution in [1.82, 2.24) is 0 Å². The second-order valence-corrected chi connectivity index (χ2v) is 6.35. The van der Waals surface area contributed by atoms with Crippen LogP contribution in [0, 0.1) is 53.8 Å². The van der Waals surface area contributed by atoms with Crippen molar-refractivity contribution in [3.05, 3.63) is 0 Å². The van der Waals surface area contributed by atoms with Crippen LogP contribution in [0.5, 0.6) is 0 Å². The van der Waals surface area contributed by atoms with Gasteiger partial charge in [0.2, 0.25) is 0 Å². The highest BCUT2D eigenvalue weighted by Gasteiger charge is 2.39. The van der Waals surface area contributed by atoms with Gasteiger partial charge in [0.15, 0.2) is 0 Å². The van der Waals surface area contributed by atoms with E-state index in [1.165, 1.54) is 0 Å². The lowest BCUT2D eigenvalue weighted by Crippen LogP contribution is -2.37. The minimum Gasteiger partial charge on any atom is -0.179 e. The number of hydrogen-bond acceptors (Lipinski definition) is 1. The Balaban J connectivity index is 5.10. The molecule has 0 aromatic carbocycles. The standard InChI is InChI=1S/C17H28S/c1-8-16(11-10-12-18)17(7,9-2)15(6)14(5)13(3)4/h1-2,13-16,18H,10-12H2,3-7H3. The minimum absolute atomic E-state index is 0.144. The Bertz CT molecular complexity index is 317. The van der Waals surface area contributed by atoms with Crippen molar-refractivity contribution in [3.63, 3.8) is 0 Å². The van der Waals surface area contributed by atoms with E-state index in [-0.39, 0.29) is 11.3 Å². The third kappa shape index (κ3) is 4.00. The van der Waals surface area contributed by atoms with E-state index in [0.717, 1.165) is 18.6 Å². The zero-order valence-corrected chi connectivity index (χ0v) is 13.4. The molecule has 0 heterocycles. The van der Waals surface area contributed by atoms with Crippen molar-refractivity contribution in [2.75, 3.05) is 5.75 Å². The Kier molecular flexibility index (Phi) is 7.58. The van der Waals surface area contributed by atoms with E-state index in [1.54, 1.807) is 0 Å². The van der Waals surface area contributed by atoms with Crippen molar-refractivity contribution in [3.8, 4) is 24.7 Å². The average Bonchev–Trinajstić information content (AvgIpc) is 2.37. The third-order valence-electron chi connectivity index (χ3n) is 4.67. The maximum atomic E-state index is 5.83. The van der Waals surface area contributed by atoms with Crippen LogP contribution in [-0.4, -0.2) is 5.75 Å². The van der Waals surface area contributed by atoms with Crippen LogP contribution >= 0.6 is 12.6 Å². The van der Waals surface area contributed by atoms with E-state index in [0.29, 0.717) is 17.8 Å². The van der Waals surface area contributed by atoms with Crippen LogP contribution in [0.15, 0.2) is 0 Å². The van der Waals surface area contributed by atoms with E-state index < -0.39 is 0 Å². The van der Waals surface area contributed by atoms with Crippen LogP contribution in [-0.2, 0) is 0 Å². The molecule has 0 aromatic rings. The number of thiol groups is 1. The summed E-state index contributed by atoms with van der Waals surface area (Å²) >= 11 is 4.26. The quantitative estimate of drug-likeness (QED) is 0.507. The first kappa shape index (κ1) is 17.5. The van der Waals surface area contributed by atoms with Crippen molar-refractivity contribution in [2.24, 2.45) is 29.1 Å². The normalized spacial score (nSPS) is 19.4. The molecule has 18 heavy (non-hydrogen) atoms. The molecule has 0 aliphatic rings. The predicted octanol–water partition coefficient (Wildman–Crippen LogP) is 4.51. The lowest BCUT2D eigenvalue weighted by Gasteiger charge is -2.40. The molecule has 0 nitrogen and oxygen atoms in total. The monoisotopic (exact) mass is 264 g/mol. The second-order valence-electron chi connectivity index (χ2n) is 5.90. The van der Waals surface area contributed by atoms with Gasteiger partial charge in [0, 0.05) is 11.3 Å². The Morgan fingerprint density at radius 1 is 1.17 bits per heavy atom. The van der Waals surface area contributed by atoms with Crippen molar-refractivity contribution in [2.45, 2.75) is 47.5 Å². The van der Waals surface area contributed by atoms with Gasteiger partial charge in [-0.15, -0.1) is 18.8 Å². The summed E-state index contributed by atoms with van der Waals surface area (Å²) in [5.74, 6) is 8.55. The van der Waals surface area contributed by atoms with E-state index in [2.05, 4.69) is 59.1 Å². The molecule has 0 radical (unpaired) electrons. The van der Waals surface area contributed by atoms with Crippen LogP contribution in [0.2, 0.25) is 0 Å². The fourth-order valence-electron chi connectivity index (χ4n) is 2.52. The SMILES string of the molecule is C#CC(CCCS)C(C)(C#C)C(C)C(C)C(C)C. The molecule has 4 atom stereocenters. The third-order valence-corrected chi connectivity index (χ3v) is 4.99. The molecule has 102 valence electrons. The Morgan fingerprint density at radius 2 is 1.72 bits per heavy atom. The molecule has 0 saturated carbocycles. The average molecular weight is 264 g/mol. The zero-order chi connectivity index (χ0) is 14.3. The Labute approximate surface area is 120 Å². The Morgan fingerprint density at radius 3 is 2.06 bits per heavy atom. The lowest BCUT2D eigenvalue weighted by atomic mass is 9.62. The number of rotatable bonds is 7. The molecule has 0 spiro atoms. The van der Waals surface area contributed by atoms with Crippen LogP contribution in [0.4, 0.5) is 0 Å². The molecule has 0 fully saturated rings. The molecule has 0 amide bonds. The summed E-state index contributed by atoms with van der Waals surface area (Å²) in [6.45, 7) is 11.2. The topological polar surface area (TPSA) is 0 Å². The molecular weight excluding hydrogens is 236 g/mol. The van der Waals surface area contributed by atoms with Crippen molar-refractivity contribution in [1.29, 1.82) is 0 Å². The summed E-state index contributed by atoms with van der Waals surface area (Å²) in [5.41, 5.74) is -0.221. The van der Waals surface area contributed by atoms with Crippen LogP contribution in [0.1, 0.15) is 47.5 Å². The second kappa shape index (κ2) is 7.81. The van der Waals surface area contributed by atoms with E-state index in [9.17, 15) is 0 Å². The molecule has 0 aliphatic carbocycles. The molecule has 4 unspecified atom stereocenters. The van der Waals surface area contributed by atoms with Gasteiger partial charge in [0.05, 0.1) is 0 Å². The first-order chi connectivity index (χ1) is 8.34. The Hall–Kier alpha value is -0.530. The van der Waals surface area contributed by atoms with Crippen molar-refractivity contribution < 1.29 is 0 Å². The van der Waals surface area contributed by atoms with Crippen LogP contribution in [0.3, 0.4) is 0 Å². The maximum Gasteiger partial charge on any atom is 0.0449 e. The number of hydrogen-bond donors (Lipinski definition) is 1. The van der Waals surface area contributed by atoms with Gasteiger partial charge in [-0.1, -0.05) is 33.6 Å². The first-order valence-electron chi connectivity index (χ1n) is 6.89. The smallest absolute Gasteiger partial charge is 0.0449 e. The number of terminal acetylenes is 2. The van der Waals surface area contributed by atoms with Gasteiger partial charge in [0.1, 0.15) is 0 Å². The highest BCUT2D eigenvalue weighted by Crippen LogP contribution is 2.43. The van der Waals surface area contributed by atoms with E-state index in [4.69, 9.17) is 12.8 Å². The summed E-state index contributed by atoms with van der Waals surface area (Å²) in [6, 6.07) is 0. The summed E-state index contributed by atoms with van der Waals surface area (Å²) in [7, 11) is 0. The molecule has 0 aromatic heterocycles. The molecule has 0 N–H and O–H groups in total. The minimum atomic E-state index is -0.221. The van der Waals surface area contributed by atoms with Gasteiger partial charge in [-0.3, -0.25) is 0 Å². The molecule has 0 rings (SSSR count). The zero-order valence-electron chi connectivity index (χ0n) is 12.5. The van der Waals surface area contributed by atoms with Gasteiger partial charge in [-0.25, -0.2) is 0 Å². The predicted molar refractivity (Wildman–Crippen MR) is 85.5 cm³/mol. The summed E-state index contributed by atoms with van der Waals surface area (Å²) in [4.78, 5) is 0. The molecule has 0 aliphatic heterocycles. The molecular formula is C17H28S. The van der Waals surface area contributed by atoms with Gasteiger partial charge in [0.25, 0.3) is 0 Å². The summed E-state index contributed by atoms with van der Waals surface area (Å²) in [5, 5.41) is 0. The summed E-state index contributed by atoms with van der Waals surface area (Å²) < 4.78 is 0. The van der Waals surface area contributed by atoms with Crippen LogP contribution < -0.4 is 0 Å². The van der Waals surface area contributed by atoms with Gasteiger partial charge >= 0.3 is 0 Å². The molecule has 0 bridgehead atoms.